The second-order valence-corrected chi connectivity index (χ2v) is 9.49. The first-order chi connectivity index (χ1) is 15.6. The molecule has 0 aromatic heterocycles. The molecule has 0 heterocycles. The summed E-state index contributed by atoms with van der Waals surface area (Å²) in [4.78, 5) is 27.3. The zero-order chi connectivity index (χ0) is 24.6. The number of amides is 2. The zero-order valence-electron chi connectivity index (χ0n) is 19.2. The molecule has 1 atom stereocenters. The average molecular weight is 480 g/mol. The molecular formula is C23H30FN3O5S. The maximum Gasteiger partial charge on any atom is 0.244 e. The van der Waals surface area contributed by atoms with Gasteiger partial charge < -0.3 is 15.0 Å². The molecule has 0 fully saturated rings. The Bertz CT molecular complexity index is 1040. The van der Waals surface area contributed by atoms with Crippen LogP contribution in [0.25, 0.3) is 0 Å². The lowest BCUT2D eigenvalue weighted by atomic mass is 10.1. The number of anilines is 1. The van der Waals surface area contributed by atoms with Crippen molar-refractivity contribution in [1.29, 1.82) is 0 Å². The normalized spacial score (nSPS) is 12.0. The molecule has 10 heteroatoms. The number of ether oxygens (including phenoxy) is 1. The number of rotatable bonds is 11. The van der Waals surface area contributed by atoms with E-state index >= 15 is 0 Å². The summed E-state index contributed by atoms with van der Waals surface area (Å²) in [6, 6.07) is 11.0. The van der Waals surface area contributed by atoms with Crippen molar-refractivity contribution >= 4 is 27.5 Å². The molecule has 0 saturated carbocycles. The average Bonchev–Trinajstić information content (AvgIpc) is 2.79. The van der Waals surface area contributed by atoms with Gasteiger partial charge in [0.25, 0.3) is 0 Å². The van der Waals surface area contributed by atoms with Gasteiger partial charge in [-0.15, -0.1) is 0 Å². The van der Waals surface area contributed by atoms with Gasteiger partial charge in [0.2, 0.25) is 21.8 Å². The summed E-state index contributed by atoms with van der Waals surface area (Å²) in [6.07, 6.45) is 1.70. The van der Waals surface area contributed by atoms with Crippen LogP contribution in [0.1, 0.15) is 25.8 Å². The number of benzene rings is 2. The zero-order valence-corrected chi connectivity index (χ0v) is 20.1. The first-order valence-electron chi connectivity index (χ1n) is 10.5. The summed E-state index contributed by atoms with van der Waals surface area (Å²) < 4.78 is 44.2. The van der Waals surface area contributed by atoms with Crippen LogP contribution >= 0.6 is 0 Å². The topological polar surface area (TPSA) is 96.0 Å². The van der Waals surface area contributed by atoms with Crippen molar-refractivity contribution in [2.75, 3.05) is 30.8 Å². The van der Waals surface area contributed by atoms with E-state index in [4.69, 9.17) is 4.74 Å². The number of hydrogen-bond acceptors (Lipinski definition) is 5. The Balaban J connectivity index is 2.34. The molecule has 0 aliphatic heterocycles. The molecule has 2 amide bonds. The molecule has 2 rings (SSSR count). The number of sulfonamides is 1. The third-order valence-electron chi connectivity index (χ3n) is 5.02. The standard InChI is InChI=1S/C23H30FN3O5S/c1-5-14-25-23(29)17(2)26(15-18-6-12-21(32-3)13-7-18)22(28)16-27(33(4,30)31)20-10-8-19(24)9-11-20/h6-13,17H,5,14-16H2,1-4H3,(H,25,29)/t17-/m1/s1. The summed E-state index contributed by atoms with van der Waals surface area (Å²) >= 11 is 0. The highest BCUT2D eigenvalue weighted by molar-refractivity contribution is 7.92. The molecule has 8 nitrogen and oxygen atoms in total. The Kier molecular flexibility index (Phi) is 9.22. The molecule has 0 aliphatic carbocycles. The largest absolute Gasteiger partial charge is 0.497 e. The molecule has 2 aromatic rings. The molecule has 0 saturated heterocycles. The summed E-state index contributed by atoms with van der Waals surface area (Å²) in [6.45, 7) is 3.52. The number of nitrogens with one attached hydrogen (secondary N) is 1. The van der Waals surface area contributed by atoms with E-state index in [1.54, 1.807) is 38.3 Å². The van der Waals surface area contributed by atoms with E-state index in [0.29, 0.717) is 12.3 Å². The minimum atomic E-state index is -3.86. The molecule has 33 heavy (non-hydrogen) atoms. The molecule has 0 unspecified atom stereocenters. The Hall–Kier alpha value is -3.14. The lowest BCUT2D eigenvalue weighted by molar-refractivity contribution is -0.139. The fourth-order valence-corrected chi connectivity index (χ4v) is 3.98. The number of methoxy groups -OCH3 is 1. The molecule has 0 radical (unpaired) electrons. The van der Waals surface area contributed by atoms with Gasteiger partial charge in [0.15, 0.2) is 0 Å². The van der Waals surface area contributed by atoms with Gasteiger partial charge in [-0.1, -0.05) is 19.1 Å². The van der Waals surface area contributed by atoms with Crippen molar-refractivity contribution in [2.24, 2.45) is 0 Å². The van der Waals surface area contributed by atoms with Crippen LogP contribution in [0.5, 0.6) is 5.75 Å². The Morgan fingerprint density at radius 3 is 2.21 bits per heavy atom. The highest BCUT2D eigenvalue weighted by atomic mass is 32.2. The van der Waals surface area contributed by atoms with Crippen LogP contribution in [0, 0.1) is 5.82 Å². The van der Waals surface area contributed by atoms with E-state index < -0.39 is 34.3 Å². The predicted octanol–water partition coefficient (Wildman–Crippen LogP) is 2.54. The second-order valence-electron chi connectivity index (χ2n) is 7.58. The van der Waals surface area contributed by atoms with E-state index in [1.807, 2.05) is 6.92 Å². The van der Waals surface area contributed by atoms with Crippen LogP contribution in [0.15, 0.2) is 48.5 Å². The van der Waals surface area contributed by atoms with Gasteiger partial charge in [-0.25, -0.2) is 12.8 Å². The molecule has 180 valence electrons. The first-order valence-corrected chi connectivity index (χ1v) is 12.3. The van der Waals surface area contributed by atoms with Gasteiger partial charge in [0.1, 0.15) is 24.2 Å². The smallest absolute Gasteiger partial charge is 0.244 e. The van der Waals surface area contributed by atoms with E-state index in [0.717, 1.165) is 34.7 Å². The third kappa shape index (κ3) is 7.45. The molecule has 0 spiro atoms. The van der Waals surface area contributed by atoms with E-state index in [-0.39, 0.29) is 18.1 Å². The maximum atomic E-state index is 13.3. The van der Waals surface area contributed by atoms with Crippen LogP contribution in [0.4, 0.5) is 10.1 Å². The monoisotopic (exact) mass is 479 g/mol. The van der Waals surface area contributed by atoms with Gasteiger partial charge in [0.05, 0.1) is 19.1 Å². The van der Waals surface area contributed by atoms with Gasteiger partial charge in [0, 0.05) is 13.1 Å². The Labute approximate surface area is 194 Å². The van der Waals surface area contributed by atoms with Crippen molar-refractivity contribution in [1.82, 2.24) is 10.2 Å². The second kappa shape index (κ2) is 11.6. The van der Waals surface area contributed by atoms with Gasteiger partial charge in [-0.3, -0.25) is 13.9 Å². The van der Waals surface area contributed by atoms with Crippen molar-refractivity contribution < 1.29 is 27.1 Å². The fraction of sp³-hybridized carbons (Fsp3) is 0.391. The van der Waals surface area contributed by atoms with Gasteiger partial charge in [-0.2, -0.15) is 0 Å². The first kappa shape index (κ1) is 26.1. The van der Waals surface area contributed by atoms with E-state index in [2.05, 4.69) is 5.32 Å². The highest BCUT2D eigenvalue weighted by Crippen LogP contribution is 2.20. The van der Waals surface area contributed by atoms with Gasteiger partial charge in [-0.05, 0) is 55.3 Å². The molecule has 1 N–H and O–H groups in total. The van der Waals surface area contributed by atoms with E-state index in [9.17, 15) is 22.4 Å². The minimum Gasteiger partial charge on any atom is -0.497 e. The highest BCUT2D eigenvalue weighted by Gasteiger charge is 2.30. The van der Waals surface area contributed by atoms with Crippen molar-refractivity contribution in [3.63, 3.8) is 0 Å². The number of carbonyl (C=O) groups excluding carboxylic acids is 2. The summed E-state index contributed by atoms with van der Waals surface area (Å²) in [5.41, 5.74) is 0.895. The Morgan fingerprint density at radius 2 is 1.70 bits per heavy atom. The van der Waals surface area contributed by atoms with Crippen LogP contribution in [0.3, 0.4) is 0 Å². The number of nitrogens with zero attached hydrogens (tertiary/aromatic N) is 2. The molecule has 2 aromatic carbocycles. The lowest BCUT2D eigenvalue weighted by Gasteiger charge is -2.31. The van der Waals surface area contributed by atoms with Gasteiger partial charge >= 0.3 is 0 Å². The number of halogens is 1. The van der Waals surface area contributed by atoms with Crippen molar-refractivity contribution in [3.8, 4) is 5.75 Å². The minimum absolute atomic E-state index is 0.0879. The van der Waals surface area contributed by atoms with Crippen LogP contribution < -0.4 is 14.4 Å². The predicted molar refractivity (Wildman–Crippen MR) is 125 cm³/mol. The summed E-state index contributed by atoms with van der Waals surface area (Å²) in [5, 5.41) is 2.77. The third-order valence-corrected chi connectivity index (χ3v) is 6.16. The van der Waals surface area contributed by atoms with Crippen LogP contribution in [-0.4, -0.2) is 57.6 Å². The Morgan fingerprint density at radius 1 is 1.09 bits per heavy atom. The number of hydrogen-bond donors (Lipinski definition) is 1. The maximum absolute atomic E-state index is 13.3. The fourth-order valence-electron chi connectivity index (χ4n) is 3.13. The summed E-state index contributed by atoms with van der Waals surface area (Å²) in [7, 11) is -2.31. The lowest BCUT2D eigenvalue weighted by Crippen LogP contribution is -2.51. The van der Waals surface area contributed by atoms with E-state index in [1.165, 1.54) is 17.0 Å². The van der Waals surface area contributed by atoms with Crippen molar-refractivity contribution in [3.05, 3.63) is 59.9 Å². The molecule has 0 bridgehead atoms. The van der Waals surface area contributed by atoms with Crippen molar-refractivity contribution in [2.45, 2.75) is 32.9 Å². The quantitative estimate of drug-likeness (QED) is 0.534. The molecule has 0 aliphatic rings. The molecular weight excluding hydrogens is 449 g/mol. The summed E-state index contributed by atoms with van der Waals surface area (Å²) in [5.74, 6) is -0.795. The van der Waals surface area contributed by atoms with Crippen LogP contribution in [-0.2, 0) is 26.2 Å². The van der Waals surface area contributed by atoms with Crippen LogP contribution in [0.2, 0.25) is 0 Å². The SMILES string of the molecule is CCCNC(=O)[C@@H](C)N(Cc1ccc(OC)cc1)C(=O)CN(c1ccc(F)cc1)S(C)(=O)=O. The number of carbonyl (C=O) groups is 2.